The Kier molecular flexibility index (Phi) is 7.22. The molecule has 2 aliphatic heterocycles. The number of cyclic esters (lactones) is 1. The number of carbonyl (C=O) groups is 1. The van der Waals surface area contributed by atoms with E-state index in [2.05, 4.69) is 0 Å². The molecule has 0 bridgehead atoms. The second-order valence-electron chi connectivity index (χ2n) is 13.8. The highest BCUT2D eigenvalue weighted by Crippen LogP contribution is 2.70. The van der Waals surface area contributed by atoms with Crippen LogP contribution in [0.3, 0.4) is 0 Å². The molecule has 0 radical (unpaired) electrons. The summed E-state index contributed by atoms with van der Waals surface area (Å²) >= 11 is 0. The molecule has 5 fully saturated rings. The zero-order valence-corrected chi connectivity index (χ0v) is 23.5. The van der Waals surface area contributed by atoms with Crippen molar-refractivity contribution in [1.29, 1.82) is 0 Å². The fraction of sp³-hybridized carbons (Fsp3) is 0.897. The molecule has 1 saturated heterocycles. The van der Waals surface area contributed by atoms with Gasteiger partial charge in [-0.25, -0.2) is 4.79 Å². The zero-order chi connectivity index (χ0) is 29.7. The van der Waals surface area contributed by atoms with Crippen LogP contribution in [-0.2, 0) is 19.0 Å². The molecule has 4 aliphatic carbocycles. The van der Waals surface area contributed by atoms with Crippen molar-refractivity contribution in [1.82, 2.24) is 0 Å². The minimum Gasteiger partial charge on any atom is -0.458 e. The van der Waals surface area contributed by atoms with Gasteiger partial charge in [0.25, 0.3) is 0 Å². The average Bonchev–Trinajstić information content (AvgIpc) is 3.45. The zero-order valence-electron chi connectivity index (χ0n) is 23.5. The highest BCUT2D eigenvalue weighted by Gasteiger charge is 2.75. The first-order valence-electron chi connectivity index (χ1n) is 14.9. The highest BCUT2D eigenvalue weighted by molar-refractivity contribution is 5.85. The minimum absolute atomic E-state index is 0.0369. The van der Waals surface area contributed by atoms with E-state index in [0.29, 0.717) is 19.3 Å². The summed E-state index contributed by atoms with van der Waals surface area (Å²) < 4.78 is 16.7. The Hall–Kier alpha value is -1.19. The van der Waals surface area contributed by atoms with Crippen molar-refractivity contribution < 1.29 is 59.9 Å². The van der Waals surface area contributed by atoms with E-state index in [0.717, 1.165) is 5.57 Å². The molecule has 0 aromatic heterocycles. The number of esters is 1. The fourth-order valence-electron chi connectivity index (χ4n) is 10.1. The molecule has 0 amide bonds. The first-order chi connectivity index (χ1) is 19.2. The number of aliphatic hydroxyl groups is 8. The van der Waals surface area contributed by atoms with E-state index >= 15 is 0 Å². The Balaban J connectivity index is 1.28. The Bertz CT molecular complexity index is 1080. The third-order valence-corrected chi connectivity index (χ3v) is 12.2. The lowest BCUT2D eigenvalue weighted by Gasteiger charge is -2.68. The smallest absolute Gasteiger partial charge is 0.331 e. The van der Waals surface area contributed by atoms with E-state index in [1.165, 1.54) is 13.0 Å². The lowest BCUT2D eigenvalue weighted by atomic mass is 9.40. The molecule has 8 N–H and O–H groups in total. The van der Waals surface area contributed by atoms with Gasteiger partial charge in [0.2, 0.25) is 0 Å². The van der Waals surface area contributed by atoms with Crippen LogP contribution in [0, 0.1) is 28.6 Å². The molecule has 0 aromatic carbocycles. The molecule has 232 valence electrons. The highest BCUT2D eigenvalue weighted by atomic mass is 16.7. The van der Waals surface area contributed by atoms with Gasteiger partial charge in [-0.15, -0.1) is 0 Å². The van der Waals surface area contributed by atoms with Gasteiger partial charge in [-0.1, -0.05) is 6.92 Å². The number of aliphatic hydroxyl groups excluding tert-OH is 6. The topological polar surface area (TPSA) is 207 Å². The van der Waals surface area contributed by atoms with E-state index in [9.17, 15) is 45.6 Å². The number of rotatable bonds is 4. The van der Waals surface area contributed by atoms with E-state index in [1.54, 1.807) is 0 Å². The van der Waals surface area contributed by atoms with Gasteiger partial charge in [0.05, 0.1) is 47.6 Å². The Morgan fingerprint density at radius 3 is 2.41 bits per heavy atom. The molecule has 2 unspecified atom stereocenters. The lowest BCUT2D eigenvalue weighted by Crippen LogP contribution is -2.76. The predicted octanol–water partition coefficient (Wildman–Crippen LogP) is -1.51. The van der Waals surface area contributed by atoms with Crippen LogP contribution in [0.4, 0.5) is 0 Å². The van der Waals surface area contributed by atoms with Gasteiger partial charge in [0, 0.05) is 30.3 Å². The van der Waals surface area contributed by atoms with Crippen LogP contribution < -0.4 is 0 Å². The molecule has 41 heavy (non-hydrogen) atoms. The molecule has 2 heterocycles. The van der Waals surface area contributed by atoms with Gasteiger partial charge in [-0.3, -0.25) is 0 Å². The molecule has 6 aliphatic rings. The van der Waals surface area contributed by atoms with Gasteiger partial charge in [0.15, 0.2) is 6.29 Å². The summed E-state index contributed by atoms with van der Waals surface area (Å²) in [6.07, 6.45) is -6.68. The third kappa shape index (κ3) is 3.99. The Morgan fingerprint density at radius 1 is 1.02 bits per heavy atom. The molecule has 0 spiro atoms. The van der Waals surface area contributed by atoms with Crippen molar-refractivity contribution in [2.45, 2.75) is 119 Å². The monoisotopic (exact) mass is 584 g/mol. The van der Waals surface area contributed by atoms with Crippen LogP contribution >= 0.6 is 0 Å². The maximum atomic E-state index is 12.4. The van der Waals surface area contributed by atoms with Crippen molar-refractivity contribution in [3.05, 3.63) is 11.6 Å². The standard InChI is InChI=1S/C29H44O12/c1-13-22(34)23(35)24(36)25(40-13)41-15-8-19(32)28(12-30)21-17(3-5-27(28,37)9-15)29(38)6-4-16(14-7-20(33)39-11-14)26(29,2)10-18(21)31/h7,13,15-19,21-25,30-32,34-38H,3-6,8-12H2,1-2H3/t13?,15-,16+,17+,18+,19+,21+,22-,23?,24-,25-,26+,27-,28+,29-/m0/s1. The molecule has 6 rings (SSSR count). The van der Waals surface area contributed by atoms with Crippen LogP contribution in [0.25, 0.3) is 0 Å². The Morgan fingerprint density at radius 2 is 1.76 bits per heavy atom. The molecule has 4 saturated carbocycles. The first kappa shape index (κ1) is 29.9. The minimum atomic E-state index is -1.67. The Labute approximate surface area is 238 Å². The van der Waals surface area contributed by atoms with Crippen LogP contribution in [0.5, 0.6) is 0 Å². The number of hydrogen-bond donors (Lipinski definition) is 8. The normalized spacial score (nSPS) is 56.9. The van der Waals surface area contributed by atoms with E-state index in [-0.39, 0.29) is 38.2 Å². The summed E-state index contributed by atoms with van der Waals surface area (Å²) in [6.45, 7) is 3.00. The summed E-state index contributed by atoms with van der Waals surface area (Å²) in [5.74, 6) is -1.93. The molecular formula is C29H44O12. The van der Waals surface area contributed by atoms with E-state index < -0.39 is 95.5 Å². The number of ether oxygens (including phenoxy) is 3. The van der Waals surface area contributed by atoms with Crippen molar-refractivity contribution in [3.63, 3.8) is 0 Å². The van der Waals surface area contributed by atoms with Crippen LogP contribution in [0.1, 0.15) is 58.8 Å². The van der Waals surface area contributed by atoms with Crippen molar-refractivity contribution in [2.24, 2.45) is 28.6 Å². The number of carbonyl (C=O) groups excluding carboxylic acids is 1. The van der Waals surface area contributed by atoms with E-state index in [1.807, 2.05) is 6.92 Å². The molecule has 15 atom stereocenters. The van der Waals surface area contributed by atoms with Crippen molar-refractivity contribution in [2.75, 3.05) is 13.2 Å². The maximum Gasteiger partial charge on any atom is 0.331 e. The summed E-state index contributed by atoms with van der Waals surface area (Å²) in [5, 5.41) is 89.6. The third-order valence-electron chi connectivity index (χ3n) is 12.2. The summed E-state index contributed by atoms with van der Waals surface area (Å²) in [7, 11) is 0. The van der Waals surface area contributed by atoms with Gasteiger partial charge >= 0.3 is 5.97 Å². The number of hydrogen-bond acceptors (Lipinski definition) is 12. The van der Waals surface area contributed by atoms with Gasteiger partial charge in [-0.2, -0.15) is 0 Å². The maximum absolute atomic E-state index is 12.4. The second-order valence-corrected chi connectivity index (χ2v) is 13.8. The van der Waals surface area contributed by atoms with Crippen LogP contribution in [0.15, 0.2) is 11.6 Å². The quantitative estimate of drug-likeness (QED) is 0.140. The summed E-state index contributed by atoms with van der Waals surface area (Å²) in [6, 6.07) is 0. The number of fused-ring (bicyclic) bond motifs is 5. The van der Waals surface area contributed by atoms with E-state index in [4.69, 9.17) is 14.2 Å². The van der Waals surface area contributed by atoms with Crippen molar-refractivity contribution >= 4 is 5.97 Å². The van der Waals surface area contributed by atoms with Gasteiger partial charge < -0.3 is 55.1 Å². The first-order valence-corrected chi connectivity index (χ1v) is 14.9. The van der Waals surface area contributed by atoms with Crippen molar-refractivity contribution in [3.8, 4) is 0 Å². The SMILES string of the molecule is CC1O[C@@H](O[C@H]2C[C@@H](O)[C@]3(CO)[C@H]4[C@H](O)C[C@]5(C)[C@@H](C6=CC(=O)OC6)CC[C@]5(O)[C@@H]4CC[C@]3(O)C2)[C@@H](O)C(O)[C@H]1O. The van der Waals surface area contributed by atoms with Gasteiger partial charge in [0.1, 0.15) is 24.9 Å². The molecule has 0 aromatic rings. The fourth-order valence-corrected chi connectivity index (χ4v) is 10.1. The second kappa shape index (κ2) is 9.91. The summed E-state index contributed by atoms with van der Waals surface area (Å²) in [5.41, 5.74) is -4.46. The largest absolute Gasteiger partial charge is 0.458 e. The lowest BCUT2D eigenvalue weighted by molar-refractivity contribution is -0.342. The van der Waals surface area contributed by atoms with Crippen LogP contribution in [-0.4, -0.2) is 120 Å². The molecular weight excluding hydrogens is 540 g/mol. The van der Waals surface area contributed by atoms with Crippen LogP contribution in [0.2, 0.25) is 0 Å². The molecule has 12 heteroatoms. The average molecular weight is 585 g/mol. The molecule has 12 nitrogen and oxygen atoms in total. The predicted molar refractivity (Wildman–Crippen MR) is 139 cm³/mol. The van der Waals surface area contributed by atoms with Gasteiger partial charge in [-0.05, 0) is 56.4 Å². The summed E-state index contributed by atoms with van der Waals surface area (Å²) in [4.78, 5) is 11.8.